The predicted octanol–water partition coefficient (Wildman–Crippen LogP) is 5.30. The molecule has 216 valence electrons. The number of rotatable bonds is 9. The number of esters is 1. The Balaban J connectivity index is 1.57. The van der Waals surface area contributed by atoms with Crippen molar-refractivity contribution in [2.45, 2.75) is 46.4 Å². The molecule has 0 aliphatic carbocycles. The van der Waals surface area contributed by atoms with Crippen molar-refractivity contribution in [2.24, 2.45) is 4.99 Å². The van der Waals surface area contributed by atoms with Gasteiger partial charge in [0.1, 0.15) is 30.0 Å². The third kappa shape index (κ3) is 6.21. The fourth-order valence-electron chi connectivity index (χ4n) is 4.75. The van der Waals surface area contributed by atoms with Gasteiger partial charge in [0.2, 0.25) is 0 Å². The number of carbonyl (C=O) groups is 1. The van der Waals surface area contributed by atoms with E-state index in [1.165, 1.54) is 23.5 Å². The number of thiazole rings is 1. The molecule has 0 radical (unpaired) electrons. The van der Waals surface area contributed by atoms with E-state index in [1.54, 1.807) is 36.6 Å². The van der Waals surface area contributed by atoms with Crippen molar-refractivity contribution in [3.8, 4) is 11.5 Å². The maximum Gasteiger partial charge on any atom is 0.338 e. The van der Waals surface area contributed by atoms with Crippen LogP contribution in [-0.2, 0) is 16.1 Å². The molecule has 7 nitrogen and oxygen atoms in total. The lowest BCUT2D eigenvalue weighted by Gasteiger charge is -2.26. The van der Waals surface area contributed by atoms with E-state index in [-0.39, 0.29) is 30.7 Å². The molecule has 1 aliphatic heterocycles. The summed E-state index contributed by atoms with van der Waals surface area (Å²) in [7, 11) is 0. The minimum absolute atomic E-state index is 0.115. The Morgan fingerprint density at radius 1 is 1.10 bits per heavy atom. The van der Waals surface area contributed by atoms with Gasteiger partial charge in [0.05, 0.1) is 28.5 Å². The molecule has 0 saturated carbocycles. The molecule has 0 amide bonds. The fourth-order valence-corrected chi connectivity index (χ4v) is 5.79. The molecule has 0 bridgehead atoms. The highest BCUT2D eigenvalue weighted by Gasteiger charge is 2.35. The Bertz CT molecular complexity index is 1820. The summed E-state index contributed by atoms with van der Waals surface area (Å²) in [6.45, 7) is 7.81. The number of ether oxygens (including phenoxy) is 3. The lowest BCUT2D eigenvalue weighted by molar-refractivity contribution is -0.139. The third-order valence-electron chi connectivity index (χ3n) is 6.57. The van der Waals surface area contributed by atoms with Gasteiger partial charge in [0.15, 0.2) is 4.80 Å². The second-order valence-electron chi connectivity index (χ2n) is 9.99. The lowest BCUT2D eigenvalue weighted by atomic mass is 9.95. The Hall–Kier alpha value is -4.50. The molecule has 0 spiro atoms. The number of carbonyl (C=O) groups excluding carboxylic acids is 1. The minimum atomic E-state index is -0.775. The van der Waals surface area contributed by atoms with E-state index < -0.39 is 12.0 Å². The van der Waals surface area contributed by atoms with Crippen molar-refractivity contribution in [2.75, 3.05) is 6.61 Å². The van der Waals surface area contributed by atoms with E-state index in [4.69, 9.17) is 14.2 Å². The summed E-state index contributed by atoms with van der Waals surface area (Å²) in [4.78, 5) is 32.4. The number of aromatic nitrogens is 1. The van der Waals surface area contributed by atoms with Crippen molar-refractivity contribution in [3.05, 3.63) is 126 Å². The van der Waals surface area contributed by atoms with Gasteiger partial charge >= 0.3 is 5.97 Å². The predicted molar refractivity (Wildman–Crippen MR) is 160 cm³/mol. The van der Waals surface area contributed by atoms with E-state index in [2.05, 4.69) is 4.99 Å². The second-order valence-corrected chi connectivity index (χ2v) is 11.0. The number of nitrogens with zero attached hydrogens (tertiary/aromatic N) is 2. The molecule has 5 rings (SSSR count). The average Bonchev–Trinajstić information content (AvgIpc) is 3.26. The van der Waals surface area contributed by atoms with E-state index in [0.29, 0.717) is 37.7 Å². The van der Waals surface area contributed by atoms with Gasteiger partial charge in [0, 0.05) is 5.56 Å². The van der Waals surface area contributed by atoms with Crippen LogP contribution in [0.25, 0.3) is 6.08 Å². The van der Waals surface area contributed by atoms with Crippen molar-refractivity contribution in [3.63, 3.8) is 0 Å². The molecule has 1 aliphatic rings. The number of hydrogen-bond acceptors (Lipinski definition) is 7. The number of benzene rings is 3. The summed E-state index contributed by atoms with van der Waals surface area (Å²) < 4.78 is 32.6. The van der Waals surface area contributed by atoms with Gasteiger partial charge in [-0.15, -0.1) is 0 Å². The topological polar surface area (TPSA) is 79.1 Å². The molecule has 4 aromatic rings. The monoisotopic (exact) mass is 586 g/mol. The molecule has 1 atom stereocenters. The molecule has 0 unspecified atom stereocenters. The van der Waals surface area contributed by atoms with Crippen LogP contribution in [-0.4, -0.2) is 23.2 Å². The first kappa shape index (κ1) is 29.0. The van der Waals surface area contributed by atoms with Gasteiger partial charge in [-0.05, 0) is 75.2 Å². The van der Waals surface area contributed by atoms with E-state index in [9.17, 15) is 14.0 Å². The van der Waals surface area contributed by atoms with Crippen molar-refractivity contribution in [1.82, 2.24) is 4.57 Å². The highest BCUT2D eigenvalue weighted by atomic mass is 32.1. The normalized spacial score (nSPS) is 14.9. The molecule has 1 aromatic heterocycles. The van der Waals surface area contributed by atoms with Crippen LogP contribution in [0, 0.1) is 5.82 Å². The molecule has 0 fully saturated rings. The van der Waals surface area contributed by atoms with Gasteiger partial charge in [0.25, 0.3) is 5.56 Å². The van der Waals surface area contributed by atoms with Crippen LogP contribution in [0.3, 0.4) is 0 Å². The summed E-state index contributed by atoms with van der Waals surface area (Å²) in [6.07, 6.45) is 1.67. The Kier molecular flexibility index (Phi) is 8.68. The molecular formula is C33H31FN2O5S. The van der Waals surface area contributed by atoms with Crippen LogP contribution >= 0.6 is 11.3 Å². The van der Waals surface area contributed by atoms with Crippen molar-refractivity contribution < 1.29 is 23.4 Å². The maximum absolute atomic E-state index is 14.0. The molecule has 0 N–H and O–H groups in total. The summed E-state index contributed by atoms with van der Waals surface area (Å²) in [6, 6.07) is 20.1. The smallest absolute Gasteiger partial charge is 0.338 e. The fraction of sp³-hybridized carbons (Fsp3) is 0.242. The second kappa shape index (κ2) is 12.6. The first-order valence-corrected chi connectivity index (χ1v) is 14.5. The number of allylic oxidation sites excluding steroid dienone is 1. The molecule has 0 saturated heterocycles. The Morgan fingerprint density at radius 3 is 2.60 bits per heavy atom. The van der Waals surface area contributed by atoms with Crippen LogP contribution in [0.2, 0.25) is 0 Å². The quantitative estimate of drug-likeness (QED) is 0.249. The van der Waals surface area contributed by atoms with E-state index in [0.717, 1.165) is 11.1 Å². The summed E-state index contributed by atoms with van der Waals surface area (Å²) >= 11 is 1.25. The molecular weight excluding hydrogens is 555 g/mol. The molecule has 2 heterocycles. The third-order valence-corrected chi connectivity index (χ3v) is 7.55. The number of halogens is 1. The summed E-state index contributed by atoms with van der Waals surface area (Å²) in [5, 5.41) is 0. The van der Waals surface area contributed by atoms with Crippen LogP contribution in [0.5, 0.6) is 11.5 Å². The van der Waals surface area contributed by atoms with Gasteiger partial charge in [-0.1, -0.05) is 53.8 Å². The number of hydrogen-bond donors (Lipinski definition) is 0. The highest BCUT2D eigenvalue weighted by Crippen LogP contribution is 2.36. The van der Waals surface area contributed by atoms with Crippen molar-refractivity contribution >= 4 is 23.4 Å². The Morgan fingerprint density at radius 2 is 1.86 bits per heavy atom. The highest BCUT2D eigenvalue weighted by molar-refractivity contribution is 7.07. The number of para-hydroxylation sites is 1. The summed E-state index contributed by atoms with van der Waals surface area (Å²) in [5.41, 5.74) is 2.78. The standard InChI is InChI=1S/C33H31FN2O5S/c1-5-39-32(38)29-21(4)35-33-36(30(29)26-11-6-7-12-27(26)41-20(2)3)31(37)28(42-33)18-23-9-8-10-25(17-23)40-19-22-13-15-24(34)16-14-22/h6-18,20,30H,5,19H2,1-4H3/b28-18-/t30-/m1/s1. The minimum Gasteiger partial charge on any atom is -0.491 e. The summed E-state index contributed by atoms with van der Waals surface area (Å²) in [5.74, 6) is 0.363. The van der Waals surface area contributed by atoms with Gasteiger partial charge < -0.3 is 14.2 Å². The molecule has 9 heteroatoms. The van der Waals surface area contributed by atoms with Crippen LogP contribution in [0.4, 0.5) is 4.39 Å². The molecule has 3 aromatic carbocycles. The van der Waals surface area contributed by atoms with Gasteiger partial charge in [-0.2, -0.15) is 0 Å². The van der Waals surface area contributed by atoms with E-state index in [1.807, 2.05) is 62.4 Å². The lowest BCUT2D eigenvalue weighted by Crippen LogP contribution is -2.40. The van der Waals surface area contributed by atoms with Crippen LogP contribution in [0.15, 0.2) is 93.9 Å². The Labute approximate surface area is 246 Å². The number of fused-ring (bicyclic) bond motifs is 1. The van der Waals surface area contributed by atoms with Crippen molar-refractivity contribution in [1.29, 1.82) is 0 Å². The first-order chi connectivity index (χ1) is 20.2. The van der Waals surface area contributed by atoms with Gasteiger partial charge in [-0.25, -0.2) is 14.2 Å². The van der Waals surface area contributed by atoms with Crippen LogP contribution < -0.4 is 24.4 Å². The first-order valence-electron chi connectivity index (χ1n) is 13.7. The largest absolute Gasteiger partial charge is 0.491 e. The SMILES string of the molecule is CCOC(=O)C1=C(C)N=c2s/c(=C\c3cccc(OCc4ccc(F)cc4)c3)c(=O)n2[C@@H]1c1ccccc1OC(C)C. The zero-order chi connectivity index (χ0) is 29.8. The molecule has 42 heavy (non-hydrogen) atoms. The van der Waals surface area contributed by atoms with E-state index >= 15 is 0 Å². The maximum atomic E-state index is 14.0. The zero-order valence-electron chi connectivity index (χ0n) is 23.8. The zero-order valence-corrected chi connectivity index (χ0v) is 24.6. The van der Waals surface area contributed by atoms with Crippen LogP contribution in [0.1, 0.15) is 50.4 Å². The van der Waals surface area contributed by atoms with Gasteiger partial charge in [-0.3, -0.25) is 9.36 Å². The average molecular weight is 587 g/mol.